The second-order valence-corrected chi connectivity index (χ2v) is 4.47. The Balaban J connectivity index is 2.43. The summed E-state index contributed by atoms with van der Waals surface area (Å²) in [5, 5.41) is 3.32. The molecule has 0 saturated carbocycles. The van der Waals surface area contributed by atoms with Crippen molar-refractivity contribution in [2.75, 3.05) is 16.8 Å². The molecule has 0 aliphatic carbocycles. The summed E-state index contributed by atoms with van der Waals surface area (Å²) in [5.41, 5.74) is 2.05. The van der Waals surface area contributed by atoms with Crippen molar-refractivity contribution in [1.29, 1.82) is 0 Å². The molecule has 1 amide bonds. The third-order valence-electron chi connectivity index (χ3n) is 3.02. The van der Waals surface area contributed by atoms with E-state index >= 15 is 0 Å². The first-order chi connectivity index (χ1) is 7.65. The van der Waals surface area contributed by atoms with E-state index in [0.717, 1.165) is 17.9 Å². The van der Waals surface area contributed by atoms with Gasteiger partial charge in [-0.2, -0.15) is 0 Å². The number of nitrogens with zero attached hydrogens (tertiary/aromatic N) is 1. The van der Waals surface area contributed by atoms with Crippen LogP contribution in [0.4, 0.5) is 11.4 Å². The molecular weight excluding hydrogens is 200 g/mol. The molecular formula is C13H18N2O. The number of rotatable bonds is 2. The molecule has 16 heavy (non-hydrogen) atoms. The van der Waals surface area contributed by atoms with E-state index in [2.05, 4.69) is 19.2 Å². The van der Waals surface area contributed by atoms with E-state index in [0.29, 0.717) is 5.92 Å². The lowest BCUT2D eigenvalue weighted by atomic mass is 9.99. The smallest absolute Gasteiger partial charge is 0.249 e. The fourth-order valence-electron chi connectivity index (χ4n) is 2.12. The summed E-state index contributed by atoms with van der Waals surface area (Å²) in [6, 6.07) is 7.87. The average molecular weight is 218 g/mol. The summed E-state index contributed by atoms with van der Waals surface area (Å²) in [6.45, 7) is 6.87. The van der Waals surface area contributed by atoms with Crippen LogP contribution in [0.15, 0.2) is 24.3 Å². The highest BCUT2D eigenvalue weighted by Gasteiger charge is 2.32. The molecule has 1 aliphatic heterocycles. The highest BCUT2D eigenvalue weighted by molar-refractivity contribution is 6.04. The summed E-state index contributed by atoms with van der Waals surface area (Å²) >= 11 is 0. The number of carbonyl (C=O) groups is 1. The zero-order chi connectivity index (χ0) is 11.7. The number of likely N-dealkylation sites (N-methyl/N-ethyl adjacent to an activating group) is 1. The summed E-state index contributed by atoms with van der Waals surface area (Å²) in [6.07, 6.45) is 0. The van der Waals surface area contributed by atoms with Crippen LogP contribution >= 0.6 is 0 Å². The van der Waals surface area contributed by atoms with Gasteiger partial charge in [-0.1, -0.05) is 26.0 Å². The molecule has 0 saturated heterocycles. The molecule has 0 radical (unpaired) electrons. The molecule has 1 aromatic rings. The van der Waals surface area contributed by atoms with Crippen molar-refractivity contribution in [3.8, 4) is 0 Å². The number of anilines is 2. The number of carbonyl (C=O) groups excluding carboxylic acids is 1. The minimum Gasteiger partial charge on any atom is -0.372 e. The Hall–Kier alpha value is -1.51. The Labute approximate surface area is 96.5 Å². The SMILES string of the molecule is CCN1C(=O)C(C(C)C)Nc2ccccc21. The quantitative estimate of drug-likeness (QED) is 0.827. The number of amides is 1. The summed E-state index contributed by atoms with van der Waals surface area (Å²) < 4.78 is 0. The Morgan fingerprint density at radius 2 is 2.06 bits per heavy atom. The first-order valence-electron chi connectivity index (χ1n) is 5.82. The van der Waals surface area contributed by atoms with Crippen LogP contribution in [0.1, 0.15) is 20.8 Å². The van der Waals surface area contributed by atoms with Crippen LogP contribution in [0.5, 0.6) is 0 Å². The van der Waals surface area contributed by atoms with Crippen LogP contribution in [0, 0.1) is 5.92 Å². The number of hydrogen-bond acceptors (Lipinski definition) is 2. The average Bonchev–Trinajstić information content (AvgIpc) is 2.28. The van der Waals surface area contributed by atoms with Gasteiger partial charge >= 0.3 is 0 Å². The van der Waals surface area contributed by atoms with Gasteiger partial charge in [-0.05, 0) is 25.0 Å². The van der Waals surface area contributed by atoms with E-state index in [1.807, 2.05) is 36.1 Å². The normalized spacial score (nSPS) is 19.6. The maximum atomic E-state index is 12.2. The van der Waals surface area contributed by atoms with Gasteiger partial charge in [0.2, 0.25) is 5.91 Å². The molecule has 1 heterocycles. The zero-order valence-corrected chi connectivity index (χ0v) is 10.0. The van der Waals surface area contributed by atoms with Crippen molar-refractivity contribution in [1.82, 2.24) is 0 Å². The molecule has 3 heteroatoms. The fraction of sp³-hybridized carbons (Fsp3) is 0.462. The topological polar surface area (TPSA) is 32.3 Å². The second-order valence-electron chi connectivity index (χ2n) is 4.47. The summed E-state index contributed by atoms with van der Waals surface area (Å²) in [5.74, 6) is 0.478. The largest absolute Gasteiger partial charge is 0.372 e. The third kappa shape index (κ3) is 1.66. The molecule has 1 aliphatic rings. The predicted molar refractivity (Wildman–Crippen MR) is 66.7 cm³/mol. The Bertz CT molecular complexity index is 401. The van der Waals surface area contributed by atoms with Crippen molar-refractivity contribution in [2.45, 2.75) is 26.8 Å². The van der Waals surface area contributed by atoms with Crippen LogP contribution in [0.2, 0.25) is 0 Å². The van der Waals surface area contributed by atoms with Gasteiger partial charge in [0, 0.05) is 6.54 Å². The molecule has 0 aromatic heterocycles. The van der Waals surface area contributed by atoms with Gasteiger partial charge in [0.25, 0.3) is 0 Å². The maximum Gasteiger partial charge on any atom is 0.249 e. The number of para-hydroxylation sites is 2. The van der Waals surface area contributed by atoms with Gasteiger partial charge in [0.15, 0.2) is 0 Å². The van der Waals surface area contributed by atoms with E-state index in [-0.39, 0.29) is 11.9 Å². The van der Waals surface area contributed by atoms with E-state index in [9.17, 15) is 4.79 Å². The van der Waals surface area contributed by atoms with Crippen molar-refractivity contribution < 1.29 is 4.79 Å². The lowest BCUT2D eigenvalue weighted by molar-refractivity contribution is -0.120. The highest BCUT2D eigenvalue weighted by atomic mass is 16.2. The maximum absolute atomic E-state index is 12.2. The van der Waals surface area contributed by atoms with Crippen LogP contribution in [0.25, 0.3) is 0 Å². The fourth-order valence-corrected chi connectivity index (χ4v) is 2.12. The number of fused-ring (bicyclic) bond motifs is 1. The molecule has 3 nitrogen and oxygen atoms in total. The molecule has 0 spiro atoms. The first-order valence-corrected chi connectivity index (χ1v) is 5.82. The summed E-state index contributed by atoms with van der Waals surface area (Å²) in [7, 11) is 0. The molecule has 1 unspecified atom stereocenters. The Morgan fingerprint density at radius 1 is 1.38 bits per heavy atom. The van der Waals surface area contributed by atoms with E-state index in [1.54, 1.807) is 0 Å². The zero-order valence-electron chi connectivity index (χ0n) is 10.0. The molecule has 1 atom stereocenters. The summed E-state index contributed by atoms with van der Waals surface area (Å²) in [4.78, 5) is 14.1. The first kappa shape index (κ1) is 11.0. The Morgan fingerprint density at radius 3 is 2.69 bits per heavy atom. The van der Waals surface area contributed by atoms with Crippen molar-refractivity contribution >= 4 is 17.3 Å². The monoisotopic (exact) mass is 218 g/mol. The molecule has 0 fully saturated rings. The minimum absolute atomic E-state index is 0.102. The van der Waals surface area contributed by atoms with Crippen molar-refractivity contribution in [3.63, 3.8) is 0 Å². The van der Waals surface area contributed by atoms with Gasteiger partial charge in [-0.25, -0.2) is 0 Å². The van der Waals surface area contributed by atoms with Crippen LogP contribution in [0.3, 0.4) is 0 Å². The molecule has 2 rings (SSSR count). The third-order valence-corrected chi connectivity index (χ3v) is 3.02. The second kappa shape index (κ2) is 4.16. The number of hydrogen-bond donors (Lipinski definition) is 1. The van der Waals surface area contributed by atoms with Gasteiger partial charge < -0.3 is 10.2 Å². The number of benzene rings is 1. The van der Waals surface area contributed by atoms with E-state index in [4.69, 9.17) is 0 Å². The van der Waals surface area contributed by atoms with Gasteiger partial charge in [-0.15, -0.1) is 0 Å². The lowest BCUT2D eigenvalue weighted by Crippen LogP contribution is -2.49. The van der Waals surface area contributed by atoms with Crippen molar-refractivity contribution in [2.24, 2.45) is 5.92 Å². The molecule has 1 aromatic carbocycles. The highest BCUT2D eigenvalue weighted by Crippen LogP contribution is 2.32. The van der Waals surface area contributed by atoms with E-state index < -0.39 is 0 Å². The predicted octanol–water partition coefficient (Wildman–Crippen LogP) is 2.49. The molecule has 0 bridgehead atoms. The van der Waals surface area contributed by atoms with Gasteiger partial charge in [-0.3, -0.25) is 4.79 Å². The number of nitrogens with one attached hydrogen (secondary N) is 1. The van der Waals surface area contributed by atoms with Crippen LogP contribution < -0.4 is 10.2 Å². The van der Waals surface area contributed by atoms with Crippen LogP contribution in [-0.4, -0.2) is 18.5 Å². The van der Waals surface area contributed by atoms with Crippen molar-refractivity contribution in [3.05, 3.63) is 24.3 Å². The van der Waals surface area contributed by atoms with Gasteiger partial charge in [0.1, 0.15) is 6.04 Å². The Kier molecular flexibility index (Phi) is 2.86. The standard InChI is InChI=1S/C13H18N2O/c1-4-15-11-8-6-5-7-10(11)14-12(9(2)3)13(15)16/h5-9,12,14H,4H2,1-3H3. The lowest BCUT2D eigenvalue weighted by Gasteiger charge is -2.36. The van der Waals surface area contributed by atoms with E-state index in [1.165, 1.54) is 0 Å². The molecule has 86 valence electrons. The van der Waals surface area contributed by atoms with Crippen LogP contribution in [-0.2, 0) is 4.79 Å². The minimum atomic E-state index is -0.102. The molecule has 1 N–H and O–H groups in total. The van der Waals surface area contributed by atoms with Gasteiger partial charge in [0.05, 0.1) is 11.4 Å².